The van der Waals surface area contributed by atoms with Crippen molar-refractivity contribution >= 4 is 5.97 Å². The molecule has 0 amide bonds. The summed E-state index contributed by atoms with van der Waals surface area (Å²) in [5.41, 5.74) is 4.24. The summed E-state index contributed by atoms with van der Waals surface area (Å²) < 4.78 is 25.3. The lowest BCUT2D eigenvalue weighted by Crippen LogP contribution is -2.02. The van der Waals surface area contributed by atoms with Crippen molar-refractivity contribution < 1.29 is 18.7 Å². The summed E-state index contributed by atoms with van der Waals surface area (Å²) in [4.78, 5) is 11.0. The summed E-state index contributed by atoms with van der Waals surface area (Å²) in [6.07, 6.45) is 4.37. The Morgan fingerprint density at radius 3 is 2.23 bits per heavy atom. The van der Waals surface area contributed by atoms with E-state index >= 15 is 0 Å². The van der Waals surface area contributed by atoms with E-state index in [0.29, 0.717) is 18.8 Å². The minimum Gasteiger partial charge on any atom is -0.490 e. The molecule has 0 bridgehead atoms. The predicted octanol–water partition coefficient (Wildman–Crippen LogP) is 6.39. The quantitative estimate of drug-likeness (QED) is 0.166. The van der Waals surface area contributed by atoms with Gasteiger partial charge in [-0.25, -0.2) is 9.18 Å². The Labute approximate surface area is 182 Å². The second-order valence-electron chi connectivity index (χ2n) is 6.99. The lowest BCUT2D eigenvalue weighted by molar-refractivity contribution is -0.137. The molecule has 0 aliphatic rings. The summed E-state index contributed by atoms with van der Waals surface area (Å²) >= 11 is 0. The maximum absolute atomic E-state index is 14.8. The van der Waals surface area contributed by atoms with E-state index in [2.05, 4.69) is 13.2 Å². The van der Waals surface area contributed by atoms with Gasteiger partial charge in [-0.3, -0.25) is 0 Å². The van der Waals surface area contributed by atoms with Crippen LogP contribution in [-0.2, 0) is 16.0 Å². The number of hydrogen-bond acceptors (Lipinski definition) is 3. The molecule has 3 nitrogen and oxygen atoms in total. The van der Waals surface area contributed by atoms with Gasteiger partial charge in [-0.05, 0) is 53.3 Å². The monoisotopic (exact) mass is 416 g/mol. The van der Waals surface area contributed by atoms with Crippen molar-refractivity contribution in [1.82, 2.24) is 0 Å². The largest absolute Gasteiger partial charge is 0.490 e. The highest BCUT2D eigenvalue weighted by Crippen LogP contribution is 2.29. The normalized spacial score (nSPS) is 10.4. The van der Waals surface area contributed by atoms with Gasteiger partial charge >= 0.3 is 5.97 Å². The Morgan fingerprint density at radius 1 is 0.903 bits per heavy atom. The summed E-state index contributed by atoms with van der Waals surface area (Å²) in [6.45, 7) is 7.79. The van der Waals surface area contributed by atoms with Crippen LogP contribution < -0.4 is 4.74 Å². The maximum atomic E-state index is 14.8. The second kappa shape index (κ2) is 10.9. The second-order valence-corrected chi connectivity index (χ2v) is 6.99. The van der Waals surface area contributed by atoms with Gasteiger partial charge in [-0.15, -0.1) is 0 Å². The van der Waals surface area contributed by atoms with Crippen molar-refractivity contribution in [1.29, 1.82) is 0 Å². The molecule has 0 radical (unpaired) electrons. The van der Waals surface area contributed by atoms with Gasteiger partial charge in [0, 0.05) is 11.6 Å². The molecule has 0 spiro atoms. The summed E-state index contributed by atoms with van der Waals surface area (Å²) in [5, 5.41) is 0. The smallest absolute Gasteiger partial charge is 0.330 e. The maximum Gasteiger partial charge on any atom is 0.330 e. The summed E-state index contributed by atoms with van der Waals surface area (Å²) in [7, 11) is 0. The molecule has 0 unspecified atom stereocenters. The molecule has 0 saturated carbocycles. The zero-order valence-electron chi connectivity index (χ0n) is 17.4. The predicted molar refractivity (Wildman–Crippen MR) is 122 cm³/mol. The molecule has 158 valence electrons. The Morgan fingerprint density at radius 2 is 1.58 bits per heavy atom. The zero-order chi connectivity index (χ0) is 22.1. The first-order valence-corrected chi connectivity index (χ1v) is 10.1. The summed E-state index contributed by atoms with van der Waals surface area (Å²) in [5.74, 6) is 0.0443. The van der Waals surface area contributed by atoms with Crippen LogP contribution in [0.1, 0.15) is 12.0 Å². The molecule has 0 aliphatic heterocycles. The lowest BCUT2D eigenvalue weighted by atomic mass is 9.98. The molecule has 0 heterocycles. The van der Waals surface area contributed by atoms with Crippen molar-refractivity contribution in [3.63, 3.8) is 0 Å². The molecule has 0 aliphatic carbocycles. The zero-order valence-corrected chi connectivity index (χ0v) is 17.4. The number of benzene rings is 3. The highest BCUT2D eigenvalue weighted by atomic mass is 19.1. The van der Waals surface area contributed by atoms with Gasteiger partial charge in [0.2, 0.25) is 0 Å². The number of aryl methyl sites for hydroxylation is 1. The molecular weight excluding hydrogens is 391 g/mol. The van der Waals surface area contributed by atoms with E-state index in [1.807, 2.05) is 54.6 Å². The third-order valence-electron chi connectivity index (χ3n) is 4.81. The molecule has 31 heavy (non-hydrogen) atoms. The number of carbonyl (C=O) groups excluding carboxylic acids is 1. The first-order chi connectivity index (χ1) is 15.1. The average Bonchev–Trinajstić information content (AvgIpc) is 2.81. The first-order valence-electron chi connectivity index (χ1n) is 10.1. The minimum atomic E-state index is -0.405. The first kappa shape index (κ1) is 22.0. The van der Waals surface area contributed by atoms with E-state index in [1.54, 1.807) is 18.2 Å². The van der Waals surface area contributed by atoms with Crippen molar-refractivity contribution in [2.45, 2.75) is 12.8 Å². The van der Waals surface area contributed by atoms with Gasteiger partial charge in [-0.1, -0.05) is 67.8 Å². The average molecular weight is 416 g/mol. The Bertz CT molecular complexity index is 1040. The van der Waals surface area contributed by atoms with Gasteiger partial charge in [0.25, 0.3) is 0 Å². The molecule has 0 N–H and O–H groups in total. The topological polar surface area (TPSA) is 35.5 Å². The third kappa shape index (κ3) is 6.16. The van der Waals surface area contributed by atoms with E-state index in [-0.39, 0.29) is 5.82 Å². The Kier molecular flexibility index (Phi) is 7.77. The van der Waals surface area contributed by atoms with Crippen molar-refractivity contribution in [3.05, 3.63) is 103 Å². The number of halogens is 1. The van der Waals surface area contributed by atoms with Crippen LogP contribution in [0.15, 0.2) is 92.0 Å². The fourth-order valence-corrected chi connectivity index (χ4v) is 3.19. The number of hydrogen-bond donors (Lipinski definition) is 0. The number of carbonyl (C=O) groups is 1. The minimum absolute atomic E-state index is 0.273. The molecule has 3 aromatic rings. The van der Waals surface area contributed by atoms with E-state index in [4.69, 9.17) is 9.47 Å². The third-order valence-corrected chi connectivity index (χ3v) is 4.81. The van der Waals surface area contributed by atoms with E-state index in [1.165, 1.54) is 0 Å². The van der Waals surface area contributed by atoms with Crippen LogP contribution in [0.4, 0.5) is 4.39 Å². The van der Waals surface area contributed by atoms with Crippen LogP contribution in [0.5, 0.6) is 5.75 Å². The van der Waals surface area contributed by atoms with Crippen molar-refractivity contribution in [2.24, 2.45) is 0 Å². The van der Waals surface area contributed by atoms with Gasteiger partial charge < -0.3 is 9.47 Å². The SMILES string of the molecule is C=CCOc1ccc(-c2ccc(-c3ccc(CCCOC(=O)C=C)cc3)cc2F)cc1. The molecule has 0 saturated heterocycles. The van der Waals surface area contributed by atoms with Gasteiger partial charge in [0.05, 0.1) is 6.61 Å². The molecule has 3 aromatic carbocycles. The van der Waals surface area contributed by atoms with Gasteiger partial charge in [0.15, 0.2) is 0 Å². The van der Waals surface area contributed by atoms with Crippen LogP contribution in [0.2, 0.25) is 0 Å². The van der Waals surface area contributed by atoms with Crippen LogP contribution in [-0.4, -0.2) is 19.2 Å². The summed E-state index contributed by atoms with van der Waals surface area (Å²) in [6, 6.07) is 20.6. The Balaban J connectivity index is 1.64. The molecule has 0 aromatic heterocycles. The lowest BCUT2D eigenvalue weighted by Gasteiger charge is -2.09. The highest BCUT2D eigenvalue weighted by Gasteiger charge is 2.08. The number of esters is 1. The number of ether oxygens (including phenoxy) is 2. The molecule has 0 fully saturated rings. The van der Waals surface area contributed by atoms with Gasteiger partial charge in [0.1, 0.15) is 18.2 Å². The highest BCUT2D eigenvalue weighted by molar-refractivity contribution is 5.81. The Hall–Kier alpha value is -3.66. The fraction of sp³-hybridized carbons (Fsp3) is 0.148. The van der Waals surface area contributed by atoms with Crippen LogP contribution in [0, 0.1) is 5.82 Å². The standard InChI is InChI=1S/C27H25FO3/c1-3-17-30-24-14-11-22(12-15-24)25-16-13-23(19-26(25)28)21-9-7-20(8-10-21)6-5-18-31-27(29)4-2/h3-4,7-16,19H,1-2,5-6,17-18H2. The molecule has 0 atom stereocenters. The van der Waals surface area contributed by atoms with Crippen LogP contribution in [0.3, 0.4) is 0 Å². The van der Waals surface area contributed by atoms with E-state index in [0.717, 1.165) is 46.9 Å². The van der Waals surface area contributed by atoms with Crippen molar-refractivity contribution in [3.8, 4) is 28.0 Å². The molecule has 3 rings (SSSR count). The number of rotatable bonds is 10. The van der Waals surface area contributed by atoms with Gasteiger partial charge in [-0.2, -0.15) is 0 Å². The van der Waals surface area contributed by atoms with Crippen LogP contribution in [0.25, 0.3) is 22.3 Å². The molecule has 4 heteroatoms. The molecular formula is C27H25FO3. The van der Waals surface area contributed by atoms with E-state index < -0.39 is 5.97 Å². The fourth-order valence-electron chi connectivity index (χ4n) is 3.19. The van der Waals surface area contributed by atoms with E-state index in [9.17, 15) is 9.18 Å². The van der Waals surface area contributed by atoms with Crippen LogP contribution >= 0.6 is 0 Å². The van der Waals surface area contributed by atoms with Crippen molar-refractivity contribution in [2.75, 3.05) is 13.2 Å².